The molecule has 0 aromatic heterocycles. The number of benzene rings is 2. The summed E-state index contributed by atoms with van der Waals surface area (Å²) in [6.45, 7) is 0.354. The van der Waals surface area contributed by atoms with Crippen molar-refractivity contribution in [2.24, 2.45) is 0 Å². The van der Waals surface area contributed by atoms with E-state index in [2.05, 4.69) is 10.6 Å². The second-order valence-electron chi connectivity index (χ2n) is 4.74. The third kappa shape index (κ3) is 5.28. The van der Waals surface area contributed by atoms with E-state index in [4.69, 9.17) is 9.47 Å². The molecule has 2 amide bonds. The molecule has 0 atom stereocenters. The Labute approximate surface area is 138 Å². The lowest BCUT2D eigenvalue weighted by molar-refractivity contribution is -0.136. The van der Waals surface area contributed by atoms with Crippen LogP contribution in [0.25, 0.3) is 0 Å². The van der Waals surface area contributed by atoms with Crippen LogP contribution in [-0.4, -0.2) is 32.1 Å². The first kappa shape index (κ1) is 17.3. The zero-order valence-electron chi connectivity index (χ0n) is 13.0. The zero-order valence-corrected chi connectivity index (χ0v) is 13.0. The fourth-order valence-corrected chi connectivity index (χ4v) is 1.84. The number of anilines is 1. The standard InChI is InChI=1S/C17H17FN2O4/c1-23-14-5-7-15(8-6-14)24-10-9-19-16(21)17(22)20-13-4-2-3-12(18)11-13/h2-8,11H,9-10H2,1H3,(H,19,21)(H,20,22). The van der Waals surface area contributed by atoms with Crippen LogP contribution in [0.4, 0.5) is 10.1 Å². The van der Waals surface area contributed by atoms with Gasteiger partial charge in [-0.05, 0) is 42.5 Å². The van der Waals surface area contributed by atoms with Gasteiger partial charge in [0.2, 0.25) is 0 Å². The van der Waals surface area contributed by atoms with Gasteiger partial charge in [-0.1, -0.05) is 6.07 Å². The van der Waals surface area contributed by atoms with Crippen molar-refractivity contribution in [1.29, 1.82) is 0 Å². The molecule has 0 saturated heterocycles. The SMILES string of the molecule is COc1ccc(OCCNC(=O)C(=O)Nc2cccc(F)c2)cc1. The van der Waals surface area contributed by atoms with E-state index in [0.29, 0.717) is 11.5 Å². The van der Waals surface area contributed by atoms with Crippen LogP contribution in [0, 0.1) is 5.82 Å². The van der Waals surface area contributed by atoms with Crippen molar-refractivity contribution < 1.29 is 23.5 Å². The third-order valence-corrected chi connectivity index (χ3v) is 3.00. The monoisotopic (exact) mass is 332 g/mol. The maximum absolute atomic E-state index is 13.0. The fourth-order valence-electron chi connectivity index (χ4n) is 1.84. The van der Waals surface area contributed by atoms with Gasteiger partial charge in [0, 0.05) is 5.69 Å². The molecule has 2 N–H and O–H groups in total. The number of ether oxygens (including phenoxy) is 2. The molecule has 0 spiro atoms. The molecule has 2 aromatic carbocycles. The highest BCUT2D eigenvalue weighted by Gasteiger charge is 2.13. The Balaban J connectivity index is 1.71. The molecule has 0 unspecified atom stereocenters. The van der Waals surface area contributed by atoms with Crippen molar-refractivity contribution in [1.82, 2.24) is 5.32 Å². The van der Waals surface area contributed by atoms with Crippen LogP contribution in [0.1, 0.15) is 0 Å². The third-order valence-electron chi connectivity index (χ3n) is 3.00. The van der Waals surface area contributed by atoms with Gasteiger partial charge in [-0.3, -0.25) is 9.59 Å². The highest BCUT2D eigenvalue weighted by Crippen LogP contribution is 2.16. The van der Waals surface area contributed by atoms with Crippen molar-refractivity contribution in [3.63, 3.8) is 0 Å². The van der Waals surface area contributed by atoms with Gasteiger partial charge in [-0.2, -0.15) is 0 Å². The average molecular weight is 332 g/mol. The van der Waals surface area contributed by atoms with Crippen molar-refractivity contribution in [2.45, 2.75) is 0 Å². The number of hydrogen-bond acceptors (Lipinski definition) is 4. The highest BCUT2D eigenvalue weighted by molar-refractivity contribution is 6.39. The van der Waals surface area contributed by atoms with E-state index in [9.17, 15) is 14.0 Å². The van der Waals surface area contributed by atoms with E-state index < -0.39 is 17.6 Å². The van der Waals surface area contributed by atoms with Gasteiger partial charge in [0.15, 0.2) is 0 Å². The first-order valence-electron chi connectivity index (χ1n) is 7.20. The molecule has 0 fully saturated rings. The minimum absolute atomic E-state index is 0.154. The molecule has 0 aliphatic carbocycles. The molecule has 126 valence electrons. The maximum Gasteiger partial charge on any atom is 0.313 e. The lowest BCUT2D eigenvalue weighted by Crippen LogP contribution is -2.37. The highest BCUT2D eigenvalue weighted by atomic mass is 19.1. The quantitative estimate of drug-likeness (QED) is 0.626. The lowest BCUT2D eigenvalue weighted by Gasteiger charge is -2.09. The van der Waals surface area contributed by atoms with Crippen LogP contribution in [0.3, 0.4) is 0 Å². The lowest BCUT2D eigenvalue weighted by atomic mass is 10.3. The van der Waals surface area contributed by atoms with E-state index in [1.807, 2.05) is 0 Å². The van der Waals surface area contributed by atoms with Gasteiger partial charge < -0.3 is 20.1 Å². The minimum atomic E-state index is -0.870. The largest absolute Gasteiger partial charge is 0.497 e. The maximum atomic E-state index is 13.0. The van der Waals surface area contributed by atoms with Crippen LogP contribution in [0.15, 0.2) is 48.5 Å². The topological polar surface area (TPSA) is 76.7 Å². The molecule has 0 aliphatic heterocycles. The normalized spacial score (nSPS) is 9.92. The Morgan fingerprint density at radius 3 is 2.42 bits per heavy atom. The molecule has 2 rings (SSSR count). The minimum Gasteiger partial charge on any atom is -0.497 e. The van der Waals surface area contributed by atoms with Gasteiger partial charge >= 0.3 is 11.8 Å². The fraction of sp³-hybridized carbons (Fsp3) is 0.176. The predicted molar refractivity (Wildman–Crippen MR) is 86.5 cm³/mol. The van der Waals surface area contributed by atoms with E-state index in [0.717, 1.165) is 6.07 Å². The Bertz CT molecular complexity index is 704. The molecule has 0 aliphatic rings. The Morgan fingerprint density at radius 1 is 1.04 bits per heavy atom. The summed E-state index contributed by atoms with van der Waals surface area (Å²) < 4.78 is 23.4. The number of amides is 2. The first-order valence-corrected chi connectivity index (χ1v) is 7.20. The summed E-state index contributed by atoms with van der Waals surface area (Å²) in [4.78, 5) is 23.3. The second kappa shape index (κ2) is 8.52. The summed E-state index contributed by atoms with van der Waals surface area (Å²) in [5.41, 5.74) is 0.213. The molecule has 2 aromatic rings. The van der Waals surface area contributed by atoms with Gasteiger partial charge in [0.05, 0.1) is 13.7 Å². The van der Waals surface area contributed by atoms with Crippen LogP contribution in [-0.2, 0) is 9.59 Å². The summed E-state index contributed by atoms with van der Waals surface area (Å²) >= 11 is 0. The van der Waals surface area contributed by atoms with Gasteiger partial charge in [-0.25, -0.2) is 4.39 Å². The molecule has 0 heterocycles. The Kier molecular flexibility index (Phi) is 6.13. The summed E-state index contributed by atoms with van der Waals surface area (Å²) in [7, 11) is 1.57. The molecular weight excluding hydrogens is 315 g/mol. The average Bonchev–Trinajstić information content (AvgIpc) is 2.59. The molecule has 6 nitrogen and oxygen atoms in total. The second-order valence-corrected chi connectivity index (χ2v) is 4.74. The van der Waals surface area contributed by atoms with E-state index in [-0.39, 0.29) is 18.8 Å². The van der Waals surface area contributed by atoms with E-state index in [1.54, 1.807) is 31.4 Å². The Hall–Kier alpha value is -3.09. The number of halogens is 1. The van der Waals surface area contributed by atoms with Crippen molar-refractivity contribution >= 4 is 17.5 Å². The Morgan fingerprint density at radius 2 is 1.75 bits per heavy atom. The number of hydrogen-bond donors (Lipinski definition) is 2. The van der Waals surface area contributed by atoms with E-state index >= 15 is 0 Å². The summed E-state index contributed by atoms with van der Waals surface area (Å²) in [5, 5.41) is 4.72. The number of carbonyl (C=O) groups excluding carboxylic acids is 2. The van der Waals surface area contributed by atoms with Crippen LogP contribution in [0.2, 0.25) is 0 Å². The van der Waals surface area contributed by atoms with Gasteiger partial charge in [0.25, 0.3) is 0 Å². The number of methoxy groups -OCH3 is 1. The number of nitrogens with one attached hydrogen (secondary N) is 2. The van der Waals surface area contributed by atoms with Crippen LogP contribution in [0.5, 0.6) is 11.5 Å². The number of rotatable bonds is 6. The van der Waals surface area contributed by atoms with Crippen LogP contribution < -0.4 is 20.1 Å². The van der Waals surface area contributed by atoms with Gasteiger partial charge in [0.1, 0.15) is 23.9 Å². The molecule has 0 radical (unpaired) electrons. The predicted octanol–water partition coefficient (Wildman–Crippen LogP) is 1.97. The summed E-state index contributed by atoms with van der Waals surface area (Å²) in [5.74, 6) is -0.859. The summed E-state index contributed by atoms with van der Waals surface area (Å²) in [6.07, 6.45) is 0. The summed E-state index contributed by atoms with van der Waals surface area (Å²) in [6, 6.07) is 12.3. The molecule has 0 bridgehead atoms. The first-order chi connectivity index (χ1) is 11.6. The molecular formula is C17H17FN2O4. The molecule has 0 saturated carbocycles. The van der Waals surface area contributed by atoms with Crippen molar-refractivity contribution in [3.8, 4) is 11.5 Å². The molecule has 24 heavy (non-hydrogen) atoms. The number of carbonyl (C=O) groups is 2. The van der Waals surface area contributed by atoms with Crippen LogP contribution >= 0.6 is 0 Å². The van der Waals surface area contributed by atoms with Crippen molar-refractivity contribution in [2.75, 3.05) is 25.6 Å². The van der Waals surface area contributed by atoms with Gasteiger partial charge in [-0.15, -0.1) is 0 Å². The smallest absolute Gasteiger partial charge is 0.313 e. The van der Waals surface area contributed by atoms with E-state index in [1.165, 1.54) is 18.2 Å². The van der Waals surface area contributed by atoms with Crippen molar-refractivity contribution in [3.05, 3.63) is 54.3 Å². The molecule has 7 heteroatoms. The zero-order chi connectivity index (χ0) is 17.4.